The maximum absolute atomic E-state index is 12.6. The Kier molecular flexibility index (Phi) is 6.11. The Balaban J connectivity index is 1.63. The van der Waals surface area contributed by atoms with Crippen LogP contribution >= 0.6 is 22.7 Å². The minimum atomic E-state index is -2.95. The molecule has 142 valence electrons. The standard InChI is InChI=1S/C17H23N3O3S3/c1-12-10-25-17(18-12)15(8-14-4-3-6-24-14)19-16(21)9-20(2)13-5-7-26(22,23)11-13/h3-4,6,10,13,15H,5,7-9,11H2,1-2H3,(H,19,21). The van der Waals surface area contributed by atoms with Gasteiger partial charge in [0, 0.05) is 28.4 Å². The highest BCUT2D eigenvalue weighted by Gasteiger charge is 2.31. The topological polar surface area (TPSA) is 79.4 Å². The summed E-state index contributed by atoms with van der Waals surface area (Å²) in [5.41, 5.74) is 0.948. The van der Waals surface area contributed by atoms with Crippen molar-refractivity contribution in [1.29, 1.82) is 0 Å². The second-order valence-corrected chi connectivity index (χ2v) is 10.9. The molecule has 6 nitrogen and oxygen atoms in total. The number of aromatic nitrogens is 1. The van der Waals surface area contributed by atoms with Crippen molar-refractivity contribution in [3.63, 3.8) is 0 Å². The first-order chi connectivity index (χ1) is 12.3. The Morgan fingerprint density at radius 1 is 1.46 bits per heavy atom. The van der Waals surface area contributed by atoms with E-state index in [-0.39, 0.29) is 36.0 Å². The molecule has 2 aromatic heterocycles. The minimum absolute atomic E-state index is 0.0800. The van der Waals surface area contributed by atoms with Crippen LogP contribution in [0.25, 0.3) is 0 Å². The van der Waals surface area contributed by atoms with Crippen LogP contribution in [-0.4, -0.2) is 55.3 Å². The van der Waals surface area contributed by atoms with Crippen molar-refractivity contribution in [3.8, 4) is 0 Å². The van der Waals surface area contributed by atoms with Gasteiger partial charge in [0.1, 0.15) is 5.01 Å². The summed E-state index contributed by atoms with van der Waals surface area (Å²) < 4.78 is 23.3. The summed E-state index contributed by atoms with van der Waals surface area (Å²) in [5.74, 6) is 0.246. The van der Waals surface area contributed by atoms with Crippen molar-refractivity contribution >= 4 is 38.4 Å². The third-order valence-electron chi connectivity index (χ3n) is 4.48. The molecule has 1 amide bonds. The molecule has 0 aliphatic carbocycles. The Labute approximate surface area is 162 Å². The van der Waals surface area contributed by atoms with Crippen LogP contribution in [-0.2, 0) is 21.1 Å². The SMILES string of the molecule is Cc1csc(C(Cc2cccs2)NC(=O)CN(C)C2CCS(=O)(=O)C2)n1. The Hall–Kier alpha value is -1.29. The van der Waals surface area contributed by atoms with E-state index in [0.717, 1.165) is 10.7 Å². The van der Waals surface area contributed by atoms with Gasteiger partial charge >= 0.3 is 0 Å². The molecule has 0 spiro atoms. The van der Waals surface area contributed by atoms with Crippen LogP contribution in [0.15, 0.2) is 22.9 Å². The fourth-order valence-electron chi connectivity index (χ4n) is 3.08. The van der Waals surface area contributed by atoms with Crippen molar-refractivity contribution in [2.45, 2.75) is 31.8 Å². The van der Waals surface area contributed by atoms with Gasteiger partial charge in [0.15, 0.2) is 9.84 Å². The van der Waals surface area contributed by atoms with Gasteiger partial charge in [-0.2, -0.15) is 0 Å². The number of aryl methyl sites for hydroxylation is 1. The number of rotatable bonds is 7. The van der Waals surface area contributed by atoms with Gasteiger partial charge in [0.05, 0.1) is 24.1 Å². The number of carbonyl (C=O) groups excluding carboxylic acids is 1. The monoisotopic (exact) mass is 413 g/mol. The van der Waals surface area contributed by atoms with Crippen LogP contribution in [0.3, 0.4) is 0 Å². The van der Waals surface area contributed by atoms with Crippen LogP contribution in [0, 0.1) is 6.92 Å². The number of nitrogens with one attached hydrogen (secondary N) is 1. The number of likely N-dealkylation sites (N-methyl/N-ethyl adjacent to an activating group) is 1. The fraction of sp³-hybridized carbons (Fsp3) is 0.529. The maximum Gasteiger partial charge on any atom is 0.234 e. The summed E-state index contributed by atoms with van der Waals surface area (Å²) in [6, 6.07) is 3.81. The zero-order chi connectivity index (χ0) is 18.7. The highest BCUT2D eigenvalue weighted by Crippen LogP contribution is 2.24. The number of sulfone groups is 1. The molecular weight excluding hydrogens is 390 g/mol. The molecule has 1 N–H and O–H groups in total. The molecule has 0 radical (unpaired) electrons. The summed E-state index contributed by atoms with van der Waals surface area (Å²) in [7, 11) is -1.14. The summed E-state index contributed by atoms with van der Waals surface area (Å²) in [6.45, 7) is 2.13. The van der Waals surface area contributed by atoms with E-state index in [9.17, 15) is 13.2 Å². The van der Waals surface area contributed by atoms with Gasteiger partial charge in [0.2, 0.25) is 5.91 Å². The van der Waals surface area contributed by atoms with E-state index in [1.165, 1.54) is 4.88 Å². The Morgan fingerprint density at radius 3 is 2.85 bits per heavy atom. The van der Waals surface area contributed by atoms with Crippen molar-refractivity contribution in [2.75, 3.05) is 25.1 Å². The predicted molar refractivity (Wildman–Crippen MR) is 105 cm³/mol. The highest BCUT2D eigenvalue weighted by atomic mass is 32.2. The maximum atomic E-state index is 12.6. The molecule has 1 saturated heterocycles. The molecule has 26 heavy (non-hydrogen) atoms. The average Bonchev–Trinajstić information content (AvgIpc) is 3.28. The van der Waals surface area contributed by atoms with E-state index in [2.05, 4.69) is 16.4 Å². The van der Waals surface area contributed by atoms with E-state index < -0.39 is 9.84 Å². The van der Waals surface area contributed by atoms with Crippen molar-refractivity contribution in [1.82, 2.24) is 15.2 Å². The first kappa shape index (κ1) is 19.5. The largest absolute Gasteiger partial charge is 0.345 e. The molecule has 0 bridgehead atoms. The second kappa shape index (κ2) is 8.16. The van der Waals surface area contributed by atoms with Crippen LogP contribution in [0.5, 0.6) is 0 Å². The smallest absolute Gasteiger partial charge is 0.234 e. The van der Waals surface area contributed by atoms with Crippen molar-refractivity contribution in [2.24, 2.45) is 0 Å². The fourth-order valence-corrected chi connectivity index (χ4v) is 6.49. The van der Waals surface area contributed by atoms with Gasteiger partial charge in [-0.3, -0.25) is 9.69 Å². The van der Waals surface area contributed by atoms with E-state index in [1.807, 2.05) is 35.7 Å². The quantitative estimate of drug-likeness (QED) is 0.751. The van der Waals surface area contributed by atoms with Gasteiger partial charge in [-0.1, -0.05) is 6.07 Å². The minimum Gasteiger partial charge on any atom is -0.345 e. The lowest BCUT2D eigenvalue weighted by Gasteiger charge is -2.24. The van der Waals surface area contributed by atoms with Crippen LogP contribution < -0.4 is 5.32 Å². The number of amides is 1. The summed E-state index contributed by atoms with van der Waals surface area (Å²) in [4.78, 5) is 20.1. The van der Waals surface area contributed by atoms with Gasteiger partial charge in [-0.05, 0) is 31.8 Å². The van der Waals surface area contributed by atoms with Crippen molar-refractivity contribution < 1.29 is 13.2 Å². The third kappa shape index (κ3) is 5.12. The molecule has 2 unspecified atom stereocenters. The first-order valence-electron chi connectivity index (χ1n) is 8.47. The molecule has 9 heteroatoms. The lowest BCUT2D eigenvalue weighted by Crippen LogP contribution is -2.42. The molecule has 0 saturated carbocycles. The normalized spacial score (nSPS) is 20.3. The summed E-state index contributed by atoms with van der Waals surface area (Å²) in [6.07, 6.45) is 1.30. The molecule has 0 aromatic carbocycles. The average molecular weight is 414 g/mol. The Bertz CT molecular complexity index is 846. The molecule has 1 fully saturated rings. The number of nitrogens with zero attached hydrogens (tertiary/aromatic N) is 2. The molecule has 1 aliphatic heterocycles. The van der Waals surface area contributed by atoms with Crippen molar-refractivity contribution in [3.05, 3.63) is 38.5 Å². The Morgan fingerprint density at radius 2 is 2.27 bits per heavy atom. The lowest BCUT2D eigenvalue weighted by molar-refractivity contribution is -0.123. The predicted octanol–water partition coefficient (Wildman–Crippen LogP) is 2.03. The summed E-state index contributed by atoms with van der Waals surface area (Å²) in [5, 5.41) is 7.99. The second-order valence-electron chi connectivity index (χ2n) is 6.70. The zero-order valence-corrected chi connectivity index (χ0v) is 17.3. The van der Waals surface area contributed by atoms with E-state index in [1.54, 1.807) is 22.7 Å². The summed E-state index contributed by atoms with van der Waals surface area (Å²) >= 11 is 3.21. The van der Waals surface area contributed by atoms with Gasteiger partial charge in [-0.15, -0.1) is 22.7 Å². The number of thiophene rings is 1. The first-order valence-corrected chi connectivity index (χ1v) is 12.0. The molecule has 3 rings (SSSR count). The highest BCUT2D eigenvalue weighted by molar-refractivity contribution is 7.91. The van der Waals surface area contributed by atoms with E-state index in [4.69, 9.17) is 0 Å². The molecule has 3 heterocycles. The lowest BCUT2D eigenvalue weighted by atomic mass is 10.2. The molecule has 2 atom stereocenters. The zero-order valence-electron chi connectivity index (χ0n) is 14.8. The number of carbonyl (C=O) groups is 1. The number of hydrogen-bond acceptors (Lipinski definition) is 7. The number of hydrogen-bond donors (Lipinski definition) is 1. The molecule has 1 aliphatic rings. The van der Waals surface area contributed by atoms with Gasteiger partial charge in [-0.25, -0.2) is 13.4 Å². The van der Waals surface area contributed by atoms with E-state index in [0.29, 0.717) is 12.8 Å². The van der Waals surface area contributed by atoms with Gasteiger partial charge in [0.25, 0.3) is 0 Å². The van der Waals surface area contributed by atoms with Gasteiger partial charge < -0.3 is 5.32 Å². The molecule has 2 aromatic rings. The number of thiazole rings is 1. The van der Waals surface area contributed by atoms with Crippen LogP contribution in [0.2, 0.25) is 0 Å². The van der Waals surface area contributed by atoms with Crippen LogP contribution in [0.1, 0.15) is 28.0 Å². The van der Waals surface area contributed by atoms with E-state index >= 15 is 0 Å². The third-order valence-corrected chi connectivity index (χ3v) is 8.21. The molecular formula is C17H23N3O3S3. The van der Waals surface area contributed by atoms with Crippen LogP contribution in [0.4, 0.5) is 0 Å².